The normalized spacial score (nSPS) is 12.2. The predicted molar refractivity (Wildman–Crippen MR) is 68.1 cm³/mol. The van der Waals surface area contributed by atoms with Crippen molar-refractivity contribution >= 4 is 5.97 Å². The zero-order valence-electron chi connectivity index (χ0n) is 10.4. The van der Waals surface area contributed by atoms with Crippen LogP contribution in [-0.4, -0.2) is 22.9 Å². The molecular formula is C14H11NO5. The van der Waals surface area contributed by atoms with E-state index in [1.807, 2.05) is 18.2 Å². The van der Waals surface area contributed by atoms with Crippen molar-refractivity contribution < 1.29 is 24.1 Å². The third-order valence-corrected chi connectivity index (χ3v) is 2.77. The fourth-order valence-corrected chi connectivity index (χ4v) is 1.80. The van der Waals surface area contributed by atoms with Crippen LogP contribution in [0.4, 0.5) is 0 Å². The van der Waals surface area contributed by atoms with Crippen molar-refractivity contribution in [1.29, 1.82) is 0 Å². The average Bonchev–Trinajstić information content (AvgIpc) is 2.93. The van der Waals surface area contributed by atoms with Gasteiger partial charge in [0.05, 0.1) is 0 Å². The molecular weight excluding hydrogens is 262 g/mol. The summed E-state index contributed by atoms with van der Waals surface area (Å²) in [4.78, 5) is 14.7. The number of pyridine rings is 1. The number of hydrogen-bond acceptors (Lipinski definition) is 5. The van der Waals surface area contributed by atoms with Crippen molar-refractivity contribution in [2.24, 2.45) is 0 Å². The Morgan fingerprint density at radius 1 is 1.25 bits per heavy atom. The summed E-state index contributed by atoms with van der Waals surface area (Å²) in [7, 11) is 0. The van der Waals surface area contributed by atoms with Gasteiger partial charge in [-0.2, -0.15) is 0 Å². The largest absolute Gasteiger partial charge is 0.477 e. The zero-order chi connectivity index (χ0) is 13.9. The highest BCUT2D eigenvalue weighted by Crippen LogP contribution is 2.32. The van der Waals surface area contributed by atoms with Crippen LogP contribution in [0.5, 0.6) is 17.4 Å². The lowest BCUT2D eigenvalue weighted by Gasteiger charge is -2.06. The molecule has 0 fully saturated rings. The number of aromatic nitrogens is 1. The van der Waals surface area contributed by atoms with Crippen LogP contribution < -0.4 is 14.2 Å². The Bertz CT molecular complexity index is 656. The summed E-state index contributed by atoms with van der Waals surface area (Å²) in [5.41, 5.74) is 0.838. The van der Waals surface area contributed by atoms with E-state index in [0.29, 0.717) is 11.5 Å². The molecule has 6 heteroatoms. The molecule has 6 nitrogen and oxygen atoms in total. The highest BCUT2D eigenvalue weighted by atomic mass is 16.7. The van der Waals surface area contributed by atoms with E-state index in [0.717, 1.165) is 5.56 Å². The second kappa shape index (κ2) is 5.08. The Hall–Kier alpha value is -2.76. The number of carboxylic acid groups (broad SMARTS) is 1. The van der Waals surface area contributed by atoms with E-state index in [-0.39, 0.29) is 25.0 Å². The van der Waals surface area contributed by atoms with Gasteiger partial charge in [0.1, 0.15) is 6.61 Å². The lowest BCUT2D eigenvalue weighted by molar-refractivity contribution is 0.0689. The maximum absolute atomic E-state index is 10.8. The summed E-state index contributed by atoms with van der Waals surface area (Å²) >= 11 is 0. The summed E-state index contributed by atoms with van der Waals surface area (Å²) in [5.74, 6) is 0.569. The summed E-state index contributed by atoms with van der Waals surface area (Å²) in [6.45, 7) is 0.495. The Balaban J connectivity index is 1.70. The van der Waals surface area contributed by atoms with Crippen LogP contribution in [0.2, 0.25) is 0 Å². The number of nitrogens with zero attached hydrogens (tertiary/aromatic N) is 1. The summed E-state index contributed by atoms with van der Waals surface area (Å²) in [6.07, 6.45) is 0. The van der Waals surface area contributed by atoms with Crippen molar-refractivity contribution in [1.82, 2.24) is 4.98 Å². The molecule has 2 aromatic rings. The smallest absolute Gasteiger partial charge is 0.354 e. The van der Waals surface area contributed by atoms with Crippen molar-refractivity contribution in [2.75, 3.05) is 6.79 Å². The van der Waals surface area contributed by atoms with Gasteiger partial charge in [0, 0.05) is 6.07 Å². The first-order valence-corrected chi connectivity index (χ1v) is 5.94. The van der Waals surface area contributed by atoms with E-state index in [1.54, 1.807) is 12.1 Å². The number of ether oxygens (including phenoxy) is 3. The van der Waals surface area contributed by atoms with Crippen molar-refractivity contribution in [3.8, 4) is 17.4 Å². The molecule has 0 bridgehead atoms. The lowest BCUT2D eigenvalue weighted by atomic mass is 10.2. The number of benzene rings is 1. The summed E-state index contributed by atoms with van der Waals surface area (Å²) < 4.78 is 16.0. The van der Waals surface area contributed by atoms with E-state index < -0.39 is 5.97 Å². The van der Waals surface area contributed by atoms with Crippen LogP contribution in [-0.2, 0) is 6.61 Å². The number of fused-ring (bicyclic) bond motifs is 1. The van der Waals surface area contributed by atoms with E-state index in [9.17, 15) is 4.79 Å². The lowest BCUT2D eigenvalue weighted by Crippen LogP contribution is -2.03. The fraction of sp³-hybridized carbons (Fsp3) is 0.143. The van der Waals surface area contributed by atoms with Crippen LogP contribution in [0.15, 0.2) is 36.4 Å². The molecule has 1 aliphatic heterocycles. The summed E-state index contributed by atoms with van der Waals surface area (Å²) in [5, 5.41) is 8.85. The molecule has 0 aliphatic carbocycles. The van der Waals surface area contributed by atoms with Gasteiger partial charge in [0.25, 0.3) is 0 Å². The predicted octanol–water partition coefficient (Wildman–Crippen LogP) is 2.09. The quantitative estimate of drug-likeness (QED) is 0.919. The third-order valence-electron chi connectivity index (χ3n) is 2.77. The van der Waals surface area contributed by atoms with Crippen LogP contribution in [0.25, 0.3) is 0 Å². The van der Waals surface area contributed by atoms with E-state index in [2.05, 4.69) is 4.98 Å². The number of carboxylic acids is 1. The Labute approximate surface area is 114 Å². The van der Waals surface area contributed by atoms with Crippen LogP contribution >= 0.6 is 0 Å². The zero-order valence-corrected chi connectivity index (χ0v) is 10.4. The standard InChI is InChI=1S/C14H11NO5/c16-14(17)10-2-1-3-13(15-10)18-7-9-4-5-11-12(6-9)20-8-19-11/h1-6H,7-8H2,(H,16,17). The number of rotatable bonds is 4. The second-order valence-corrected chi connectivity index (χ2v) is 4.14. The van der Waals surface area contributed by atoms with E-state index in [4.69, 9.17) is 19.3 Å². The Kier molecular flexibility index (Phi) is 3.12. The highest BCUT2D eigenvalue weighted by Gasteiger charge is 2.13. The maximum atomic E-state index is 10.8. The van der Waals surface area contributed by atoms with Crippen molar-refractivity contribution in [2.45, 2.75) is 6.61 Å². The van der Waals surface area contributed by atoms with Crippen molar-refractivity contribution in [3.63, 3.8) is 0 Å². The highest BCUT2D eigenvalue weighted by molar-refractivity contribution is 5.85. The fourth-order valence-electron chi connectivity index (χ4n) is 1.80. The van der Waals surface area contributed by atoms with Gasteiger partial charge in [-0.3, -0.25) is 0 Å². The molecule has 1 N–H and O–H groups in total. The molecule has 0 unspecified atom stereocenters. The molecule has 0 saturated heterocycles. The van der Waals surface area contributed by atoms with Gasteiger partial charge in [-0.1, -0.05) is 12.1 Å². The minimum absolute atomic E-state index is 0.0480. The molecule has 1 aliphatic rings. The van der Waals surface area contributed by atoms with Crippen LogP contribution in [0, 0.1) is 0 Å². The topological polar surface area (TPSA) is 77.9 Å². The van der Waals surface area contributed by atoms with Gasteiger partial charge >= 0.3 is 5.97 Å². The molecule has 0 atom stereocenters. The number of carbonyl (C=O) groups is 1. The third kappa shape index (κ3) is 2.49. The molecule has 3 rings (SSSR count). The van der Waals surface area contributed by atoms with Gasteiger partial charge < -0.3 is 19.3 Å². The van der Waals surface area contributed by atoms with Gasteiger partial charge in [-0.05, 0) is 23.8 Å². The first kappa shape index (κ1) is 12.3. The number of hydrogen-bond donors (Lipinski definition) is 1. The molecule has 1 aromatic carbocycles. The van der Waals surface area contributed by atoms with Crippen molar-refractivity contribution in [3.05, 3.63) is 47.7 Å². The van der Waals surface area contributed by atoms with Gasteiger partial charge in [0.15, 0.2) is 17.2 Å². The maximum Gasteiger partial charge on any atom is 0.354 e. The molecule has 2 heterocycles. The monoisotopic (exact) mass is 273 g/mol. The number of aromatic carboxylic acids is 1. The SMILES string of the molecule is O=C(O)c1cccc(OCc2ccc3c(c2)OCO3)n1. The molecule has 0 saturated carbocycles. The van der Waals surface area contributed by atoms with E-state index >= 15 is 0 Å². The first-order valence-electron chi connectivity index (χ1n) is 5.94. The Morgan fingerprint density at radius 2 is 2.10 bits per heavy atom. The molecule has 0 amide bonds. The minimum Gasteiger partial charge on any atom is -0.477 e. The van der Waals surface area contributed by atoms with Gasteiger partial charge in [0.2, 0.25) is 12.7 Å². The average molecular weight is 273 g/mol. The van der Waals surface area contributed by atoms with E-state index in [1.165, 1.54) is 6.07 Å². The Morgan fingerprint density at radius 3 is 2.95 bits per heavy atom. The van der Waals surface area contributed by atoms with Crippen LogP contribution in [0.3, 0.4) is 0 Å². The van der Waals surface area contributed by atoms with Crippen LogP contribution in [0.1, 0.15) is 16.1 Å². The summed E-state index contributed by atoms with van der Waals surface area (Å²) in [6, 6.07) is 10.1. The second-order valence-electron chi connectivity index (χ2n) is 4.14. The first-order chi connectivity index (χ1) is 9.72. The van der Waals surface area contributed by atoms with Gasteiger partial charge in [-0.15, -0.1) is 0 Å². The molecule has 20 heavy (non-hydrogen) atoms. The molecule has 1 aromatic heterocycles. The molecule has 102 valence electrons. The molecule has 0 spiro atoms. The minimum atomic E-state index is -1.08. The van der Waals surface area contributed by atoms with Gasteiger partial charge in [-0.25, -0.2) is 9.78 Å². The molecule has 0 radical (unpaired) electrons.